The molecule has 112 valence electrons. The molecule has 1 saturated carbocycles. The number of aliphatic hydroxyl groups is 1. The predicted molar refractivity (Wildman–Crippen MR) is 83.8 cm³/mol. The third-order valence-electron chi connectivity index (χ3n) is 4.30. The Morgan fingerprint density at radius 2 is 1.85 bits per heavy atom. The molecule has 2 rings (SSSR count). The van der Waals surface area contributed by atoms with E-state index in [2.05, 4.69) is 6.92 Å². The summed E-state index contributed by atoms with van der Waals surface area (Å²) in [5, 5.41) is 11.8. The molecule has 0 amide bonds. The molecule has 20 heavy (non-hydrogen) atoms. The lowest BCUT2D eigenvalue weighted by atomic mass is 9.70. The van der Waals surface area contributed by atoms with Crippen LogP contribution in [-0.2, 0) is 0 Å². The molecule has 1 N–H and O–H groups in total. The van der Waals surface area contributed by atoms with Gasteiger partial charge in [0.25, 0.3) is 0 Å². The number of halogens is 2. The molecule has 1 unspecified atom stereocenters. The van der Waals surface area contributed by atoms with E-state index < -0.39 is 6.10 Å². The average Bonchev–Trinajstić information content (AvgIpc) is 2.43. The molecule has 0 aliphatic heterocycles. The Balaban J connectivity index is 2.29. The number of ether oxygens (including phenoxy) is 1. The van der Waals surface area contributed by atoms with Crippen molar-refractivity contribution in [2.45, 2.75) is 52.1 Å². The van der Waals surface area contributed by atoms with Crippen LogP contribution in [0.15, 0.2) is 12.1 Å². The van der Waals surface area contributed by atoms with E-state index in [1.807, 2.05) is 6.92 Å². The van der Waals surface area contributed by atoms with Crippen molar-refractivity contribution in [2.24, 2.45) is 5.41 Å². The summed E-state index contributed by atoms with van der Waals surface area (Å²) < 4.78 is 5.42. The lowest BCUT2D eigenvalue weighted by Crippen LogP contribution is -2.28. The summed E-state index contributed by atoms with van der Waals surface area (Å²) in [5.74, 6) is 0.573. The summed E-state index contributed by atoms with van der Waals surface area (Å²) in [4.78, 5) is 0. The van der Waals surface area contributed by atoms with Crippen LogP contribution in [0.5, 0.6) is 5.75 Å². The van der Waals surface area contributed by atoms with E-state index in [0.717, 1.165) is 25.7 Å². The highest BCUT2D eigenvalue weighted by Crippen LogP contribution is 2.48. The second-order valence-electron chi connectivity index (χ2n) is 5.85. The van der Waals surface area contributed by atoms with E-state index >= 15 is 0 Å². The minimum Gasteiger partial charge on any atom is -0.492 e. The van der Waals surface area contributed by atoms with Gasteiger partial charge in [0.2, 0.25) is 0 Å². The van der Waals surface area contributed by atoms with Crippen LogP contribution in [0.3, 0.4) is 0 Å². The molecule has 0 heterocycles. The smallest absolute Gasteiger partial charge is 0.139 e. The van der Waals surface area contributed by atoms with E-state index in [1.54, 1.807) is 12.1 Å². The highest BCUT2D eigenvalue weighted by atomic mass is 35.5. The lowest BCUT2D eigenvalue weighted by Gasteiger charge is -2.38. The van der Waals surface area contributed by atoms with Crippen molar-refractivity contribution in [3.63, 3.8) is 0 Å². The summed E-state index contributed by atoms with van der Waals surface area (Å²) in [7, 11) is 0. The van der Waals surface area contributed by atoms with Crippen LogP contribution in [0, 0.1) is 5.41 Å². The van der Waals surface area contributed by atoms with Gasteiger partial charge in [0, 0.05) is 11.6 Å². The van der Waals surface area contributed by atoms with E-state index in [0.29, 0.717) is 28.0 Å². The molecule has 0 aromatic heterocycles. The molecule has 0 spiro atoms. The van der Waals surface area contributed by atoms with Crippen molar-refractivity contribution in [3.8, 4) is 5.75 Å². The van der Waals surface area contributed by atoms with Gasteiger partial charge in [-0.1, -0.05) is 49.4 Å². The van der Waals surface area contributed by atoms with Crippen molar-refractivity contribution in [2.75, 3.05) is 6.61 Å². The molecule has 1 fully saturated rings. The van der Waals surface area contributed by atoms with Crippen molar-refractivity contribution < 1.29 is 9.84 Å². The lowest BCUT2D eigenvalue weighted by molar-refractivity contribution is 0.00823. The highest BCUT2D eigenvalue weighted by Gasteiger charge is 2.36. The molecule has 1 aliphatic carbocycles. The monoisotopic (exact) mass is 316 g/mol. The summed E-state index contributed by atoms with van der Waals surface area (Å²) >= 11 is 12.5. The van der Waals surface area contributed by atoms with Crippen molar-refractivity contribution in [1.29, 1.82) is 0 Å². The first-order valence-electron chi connectivity index (χ1n) is 7.28. The number of hydrogen-bond donors (Lipinski definition) is 1. The molecule has 0 radical (unpaired) electrons. The van der Waals surface area contributed by atoms with Gasteiger partial charge in [0.05, 0.1) is 22.8 Å². The first-order valence-corrected chi connectivity index (χ1v) is 8.03. The van der Waals surface area contributed by atoms with Gasteiger partial charge in [-0.3, -0.25) is 0 Å². The standard InChI is InChI=1S/C16H22Cl2O2/c1-3-20-14-10-12(17)11(9-13(14)18)15(19)16(2)7-5-4-6-8-16/h9-10,15,19H,3-8H2,1-2H3. The fourth-order valence-electron chi connectivity index (χ4n) is 3.03. The van der Waals surface area contributed by atoms with Gasteiger partial charge in [-0.05, 0) is 31.2 Å². The number of aliphatic hydroxyl groups excluding tert-OH is 1. The minimum absolute atomic E-state index is 0.113. The van der Waals surface area contributed by atoms with Crippen LogP contribution >= 0.6 is 23.2 Å². The summed E-state index contributed by atoms with van der Waals surface area (Å²) in [5.41, 5.74) is 0.600. The Kier molecular flexibility index (Phi) is 5.22. The van der Waals surface area contributed by atoms with Crippen LogP contribution in [0.2, 0.25) is 10.0 Å². The number of benzene rings is 1. The summed E-state index contributed by atoms with van der Waals surface area (Å²) in [6, 6.07) is 3.46. The second-order valence-corrected chi connectivity index (χ2v) is 6.67. The Morgan fingerprint density at radius 1 is 1.20 bits per heavy atom. The predicted octanol–water partition coefficient (Wildman–Crippen LogP) is 5.40. The first kappa shape index (κ1) is 15.9. The molecule has 2 nitrogen and oxygen atoms in total. The molecule has 4 heteroatoms. The topological polar surface area (TPSA) is 29.5 Å². The van der Waals surface area contributed by atoms with Crippen molar-refractivity contribution >= 4 is 23.2 Å². The SMILES string of the molecule is CCOc1cc(Cl)c(C(O)C2(C)CCCCC2)cc1Cl. The third-order valence-corrected chi connectivity index (χ3v) is 4.92. The van der Waals surface area contributed by atoms with E-state index in [9.17, 15) is 5.11 Å². The molecule has 1 aromatic carbocycles. The van der Waals surface area contributed by atoms with Gasteiger partial charge >= 0.3 is 0 Å². The zero-order valence-corrected chi connectivity index (χ0v) is 13.6. The van der Waals surface area contributed by atoms with Crippen LogP contribution in [0.25, 0.3) is 0 Å². The van der Waals surface area contributed by atoms with Crippen LogP contribution in [-0.4, -0.2) is 11.7 Å². The third kappa shape index (κ3) is 3.24. The fraction of sp³-hybridized carbons (Fsp3) is 0.625. The van der Waals surface area contributed by atoms with Gasteiger partial charge in [-0.2, -0.15) is 0 Å². The van der Waals surface area contributed by atoms with E-state index in [-0.39, 0.29) is 5.41 Å². The van der Waals surface area contributed by atoms with Crippen molar-refractivity contribution in [1.82, 2.24) is 0 Å². The normalized spacial score (nSPS) is 19.6. The summed E-state index contributed by atoms with van der Waals surface area (Å²) in [6.07, 6.45) is 5.04. The summed E-state index contributed by atoms with van der Waals surface area (Å²) in [6.45, 7) is 4.57. The largest absolute Gasteiger partial charge is 0.492 e. The molecule has 1 aromatic rings. The van der Waals surface area contributed by atoms with Gasteiger partial charge in [-0.15, -0.1) is 0 Å². The quantitative estimate of drug-likeness (QED) is 0.806. The molecule has 1 atom stereocenters. The van der Waals surface area contributed by atoms with Crippen LogP contribution in [0.1, 0.15) is 57.6 Å². The minimum atomic E-state index is -0.580. The fourth-order valence-corrected chi connectivity index (χ4v) is 3.51. The highest BCUT2D eigenvalue weighted by molar-refractivity contribution is 6.34. The molecular formula is C16H22Cl2O2. The maximum Gasteiger partial charge on any atom is 0.139 e. The molecule has 1 aliphatic rings. The maximum absolute atomic E-state index is 10.7. The second kappa shape index (κ2) is 6.55. The number of hydrogen-bond acceptors (Lipinski definition) is 2. The Hall–Kier alpha value is -0.440. The zero-order chi connectivity index (χ0) is 14.8. The number of rotatable bonds is 4. The van der Waals surface area contributed by atoms with E-state index in [4.69, 9.17) is 27.9 Å². The first-order chi connectivity index (χ1) is 9.48. The van der Waals surface area contributed by atoms with Gasteiger partial charge in [0.1, 0.15) is 5.75 Å². The van der Waals surface area contributed by atoms with Crippen LogP contribution in [0.4, 0.5) is 0 Å². The van der Waals surface area contributed by atoms with Crippen molar-refractivity contribution in [3.05, 3.63) is 27.7 Å². The average molecular weight is 317 g/mol. The maximum atomic E-state index is 10.7. The van der Waals surface area contributed by atoms with E-state index in [1.165, 1.54) is 6.42 Å². The van der Waals surface area contributed by atoms with Crippen LogP contribution < -0.4 is 4.74 Å². The Morgan fingerprint density at radius 3 is 2.45 bits per heavy atom. The zero-order valence-electron chi connectivity index (χ0n) is 12.1. The van der Waals surface area contributed by atoms with Gasteiger partial charge in [-0.25, -0.2) is 0 Å². The Labute approximate surface area is 131 Å². The Bertz CT molecular complexity index is 468. The molecule has 0 bridgehead atoms. The molecule has 0 saturated heterocycles. The van der Waals surface area contributed by atoms with Gasteiger partial charge < -0.3 is 9.84 Å². The van der Waals surface area contributed by atoms with Gasteiger partial charge in [0.15, 0.2) is 0 Å². The molecular weight excluding hydrogens is 295 g/mol.